The molecule has 0 unspecified atom stereocenters. The number of rotatable bonds is 6. The van der Waals surface area contributed by atoms with E-state index in [0.29, 0.717) is 29.3 Å². The Morgan fingerprint density at radius 2 is 1.72 bits per heavy atom. The van der Waals surface area contributed by atoms with Gasteiger partial charge in [0.1, 0.15) is 17.1 Å². The van der Waals surface area contributed by atoms with Crippen molar-refractivity contribution < 1.29 is 14.3 Å². The second kappa shape index (κ2) is 7.53. The zero-order valence-corrected chi connectivity index (χ0v) is 14.1. The Morgan fingerprint density at radius 3 is 2.36 bits per heavy atom. The summed E-state index contributed by atoms with van der Waals surface area (Å²) in [5.74, 6) is 0.593. The fraction of sp³-hybridized carbons (Fsp3) is 0.158. The lowest BCUT2D eigenvalue weighted by atomic mass is 10.1. The molecule has 1 heterocycles. The summed E-state index contributed by atoms with van der Waals surface area (Å²) in [4.78, 5) is 12.6. The van der Waals surface area contributed by atoms with Gasteiger partial charge < -0.3 is 14.8 Å². The molecule has 6 heteroatoms. The number of amides is 1. The molecular weight excluding hydrogens is 318 g/mol. The van der Waals surface area contributed by atoms with E-state index in [1.54, 1.807) is 35.3 Å². The summed E-state index contributed by atoms with van der Waals surface area (Å²) in [7, 11) is 3.03. The van der Waals surface area contributed by atoms with Crippen LogP contribution in [0, 0.1) is 0 Å². The summed E-state index contributed by atoms with van der Waals surface area (Å²) < 4.78 is 12.3. The van der Waals surface area contributed by atoms with Crippen molar-refractivity contribution in [3.63, 3.8) is 0 Å². The first-order valence-electron chi connectivity index (χ1n) is 7.80. The fourth-order valence-electron chi connectivity index (χ4n) is 2.55. The van der Waals surface area contributed by atoms with E-state index in [1.165, 1.54) is 14.2 Å². The number of hydrogen-bond donors (Lipinski definition) is 1. The molecule has 3 aromatic rings. The molecule has 0 saturated heterocycles. The maximum absolute atomic E-state index is 12.6. The molecule has 6 nitrogen and oxygen atoms in total. The lowest BCUT2D eigenvalue weighted by Crippen LogP contribution is -2.14. The summed E-state index contributed by atoms with van der Waals surface area (Å²) in [6, 6.07) is 15.2. The van der Waals surface area contributed by atoms with E-state index in [0.717, 1.165) is 5.56 Å². The van der Waals surface area contributed by atoms with Crippen molar-refractivity contribution in [3.05, 3.63) is 72.1 Å². The van der Waals surface area contributed by atoms with Gasteiger partial charge in [-0.05, 0) is 17.7 Å². The highest BCUT2D eigenvalue weighted by atomic mass is 16.5. The maximum Gasteiger partial charge on any atom is 0.263 e. The molecule has 1 aromatic heterocycles. The average Bonchev–Trinajstić information content (AvgIpc) is 3.08. The Kier molecular flexibility index (Phi) is 4.99. The van der Waals surface area contributed by atoms with E-state index >= 15 is 0 Å². The van der Waals surface area contributed by atoms with E-state index in [4.69, 9.17) is 9.47 Å². The van der Waals surface area contributed by atoms with Gasteiger partial charge in [-0.25, -0.2) is 0 Å². The Morgan fingerprint density at radius 1 is 1.04 bits per heavy atom. The molecule has 0 bridgehead atoms. The molecule has 0 aliphatic heterocycles. The monoisotopic (exact) mass is 337 g/mol. The number of hydrogen-bond acceptors (Lipinski definition) is 4. The summed E-state index contributed by atoms with van der Waals surface area (Å²) in [6.07, 6.45) is 3.40. The van der Waals surface area contributed by atoms with E-state index in [9.17, 15) is 4.79 Å². The predicted octanol–water partition coefficient (Wildman–Crippen LogP) is 3.20. The van der Waals surface area contributed by atoms with Crippen molar-refractivity contribution in [2.45, 2.75) is 6.54 Å². The van der Waals surface area contributed by atoms with Crippen LogP contribution in [0.3, 0.4) is 0 Å². The van der Waals surface area contributed by atoms with Crippen LogP contribution < -0.4 is 14.8 Å². The van der Waals surface area contributed by atoms with Crippen LogP contribution in [0.25, 0.3) is 0 Å². The number of nitrogens with one attached hydrogen (secondary N) is 1. The number of ether oxygens (including phenoxy) is 2. The van der Waals surface area contributed by atoms with Crippen LogP contribution in [0.2, 0.25) is 0 Å². The van der Waals surface area contributed by atoms with E-state index < -0.39 is 0 Å². The summed E-state index contributed by atoms with van der Waals surface area (Å²) in [5.41, 5.74) is 2.09. The number of benzene rings is 2. The van der Waals surface area contributed by atoms with Gasteiger partial charge in [0.2, 0.25) is 0 Å². The molecule has 0 spiro atoms. The lowest BCUT2D eigenvalue weighted by Gasteiger charge is -2.12. The number of methoxy groups -OCH3 is 2. The number of carbonyl (C=O) groups is 1. The first kappa shape index (κ1) is 16.6. The summed E-state index contributed by atoms with van der Waals surface area (Å²) >= 11 is 0. The molecule has 0 radical (unpaired) electrons. The first-order chi connectivity index (χ1) is 12.2. The average molecular weight is 337 g/mol. The molecule has 3 rings (SSSR count). The standard InChI is InChI=1S/C19H19N3O3/c1-24-16-9-6-10-17(25-2)18(16)19(23)21-15-11-20-22(13-15)12-14-7-4-3-5-8-14/h3-11,13H,12H2,1-2H3,(H,21,23). The fourth-order valence-corrected chi connectivity index (χ4v) is 2.55. The van der Waals surface area contributed by atoms with Crippen molar-refractivity contribution in [2.24, 2.45) is 0 Å². The van der Waals surface area contributed by atoms with Gasteiger partial charge in [-0.15, -0.1) is 0 Å². The normalized spacial score (nSPS) is 10.3. The van der Waals surface area contributed by atoms with Crippen LogP contribution in [0.1, 0.15) is 15.9 Å². The van der Waals surface area contributed by atoms with Crippen LogP contribution in [0.15, 0.2) is 60.9 Å². The van der Waals surface area contributed by atoms with Crippen molar-refractivity contribution in [1.82, 2.24) is 9.78 Å². The van der Waals surface area contributed by atoms with E-state index in [1.807, 2.05) is 30.3 Å². The largest absolute Gasteiger partial charge is 0.496 e. The molecule has 1 N–H and O–H groups in total. The number of nitrogens with zero attached hydrogens (tertiary/aromatic N) is 2. The van der Waals surface area contributed by atoms with Crippen LogP contribution in [0.5, 0.6) is 11.5 Å². The molecular formula is C19H19N3O3. The quantitative estimate of drug-likeness (QED) is 0.750. The summed E-state index contributed by atoms with van der Waals surface area (Å²) in [5, 5.41) is 7.11. The molecule has 25 heavy (non-hydrogen) atoms. The topological polar surface area (TPSA) is 65.4 Å². The van der Waals surface area contributed by atoms with Crippen molar-refractivity contribution in [3.8, 4) is 11.5 Å². The van der Waals surface area contributed by atoms with Crippen LogP contribution >= 0.6 is 0 Å². The zero-order chi connectivity index (χ0) is 17.6. The minimum Gasteiger partial charge on any atom is -0.496 e. The van der Waals surface area contributed by atoms with Gasteiger partial charge in [-0.1, -0.05) is 36.4 Å². The first-order valence-corrected chi connectivity index (χ1v) is 7.80. The highest BCUT2D eigenvalue weighted by Crippen LogP contribution is 2.29. The van der Waals surface area contributed by atoms with Gasteiger partial charge in [0.05, 0.1) is 32.6 Å². The third-order valence-corrected chi connectivity index (χ3v) is 3.73. The van der Waals surface area contributed by atoms with E-state index in [2.05, 4.69) is 10.4 Å². The smallest absolute Gasteiger partial charge is 0.263 e. The molecule has 128 valence electrons. The van der Waals surface area contributed by atoms with Gasteiger partial charge in [-0.3, -0.25) is 9.48 Å². The Bertz CT molecular complexity index is 837. The molecule has 0 saturated carbocycles. The number of aromatic nitrogens is 2. The van der Waals surface area contributed by atoms with Crippen molar-refractivity contribution in [2.75, 3.05) is 19.5 Å². The Labute approximate surface area is 146 Å². The molecule has 0 atom stereocenters. The van der Waals surface area contributed by atoms with Gasteiger partial charge in [0, 0.05) is 6.20 Å². The van der Waals surface area contributed by atoms with Gasteiger partial charge in [0.15, 0.2) is 0 Å². The van der Waals surface area contributed by atoms with Crippen LogP contribution in [-0.4, -0.2) is 29.9 Å². The molecule has 1 amide bonds. The predicted molar refractivity (Wildman–Crippen MR) is 95.3 cm³/mol. The van der Waals surface area contributed by atoms with Crippen molar-refractivity contribution in [1.29, 1.82) is 0 Å². The van der Waals surface area contributed by atoms with Gasteiger partial charge in [0.25, 0.3) is 5.91 Å². The molecule has 2 aromatic carbocycles. The maximum atomic E-state index is 12.6. The lowest BCUT2D eigenvalue weighted by molar-refractivity contribution is 0.102. The highest BCUT2D eigenvalue weighted by Gasteiger charge is 2.18. The van der Waals surface area contributed by atoms with Gasteiger partial charge in [-0.2, -0.15) is 5.10 Å². The van der Waals surface area contributed by atoms with Crippen LogP contribution in [-0.2, 0) is 6.54 Å². The third-order valence-electron chi connectivity index (χ3n) is 3.73. The van der Waals surface area contributed by atoms with Crippen molar-refractivity contribution >= 4 is 11.6 Å². The molecule has 0 aliphatic carbocycles. The van der Waals surface area contributed by atoms with Crippen LogP contribution in [0.4, 0.5) is 5.69 Å². The Hall–Kier alpha value is -3.28. The van der Waals surface area contributed by atoms with Gasteiger partial charge >= 0.3 is 0 Å². The Balaban J connectivity index is 1.76. The van der Waals surface area contributed by atoms with E-state index in [-0.39, 0.29) is 5.91 Å². The highest BCUT2D eigenvalue weighted by molar-refractivity contribution is 6.08. The SMILES string of the molecule is COc1cccc(OC)c1C(=O)Nc1cnn(Cc2ccccc2)c1. The zero-order valence-electron chi connectivity index (χ0n) is 14.1. The summed E-state index contributed by atoms with van der Waals surface area (Å²) in [6.45, 7) is 0.634. The molecule has 0 fully saturated rings. The molecule has 0 aliphatic rings. The number of carbonyl (C=O) groups excluding carboxylic acids is 1. The minimum absolute atomic E-state index is 0.312. The second-order valence-electron chi connectivity index (χ2n) is 5.40. The minimum atomic E-state index is -0.312. The third kappa shape index (κ3) is 3.80. The number of anilines is 1. The second-order valence-corrected chi connectivity index (χ2v) is 5.40.